The highest BCUT2D eigenvalue weighted by molar-refractivity contribution is 5.97. The van der Waals surface area contributed by atoms with Crippen LogP contribution in [0.4, 0.5) is 0 Å². The van der Waals surface area contributed by atoms with Crippen LogP contribution < -0.4 is 5.90 Å². The number of carbonyl (C=O) groups is 2. The van der Waals surface area contributed by atoms with Crippen molar-refractivity contribution in [3.8, 4) is 0 Å². The van der Waals surface area contributed by atoms with Gasteiger partial charge in [0.1, 0.15) is 11.7 Å². The minimum atomic E-state index is -0.741. The van der Waals surface area contributed by atoms with E-state index < -0.39 is 11.9 Å². The average Bonchev–Trinajstić information content (AvgIpc) is 1.84. The largest absolute Gasteiger partial charge is 0.373 e. The van der Waals surface area contributed by atoms with Gasteiger partial charge in [0, 0.05) is 0 Å². The Morgan fingerprint density at radius 1 is 1.56 bits per heavy atom. The quantitative estimate of drug-likeness (QED) is 0.410. The van der Waals surface area contributed by atoms with Gasteiger partial charge in [0.15, 0.2) is 0 Å². The van der Waals surface area contributed by atoms with Gasteiger partial charge in [-0.3, -0.25) is 4.79 Å². The summed E-state index contributed by atoms with van der Waals surface area (Å²) in [5.74, 6) is 2.83. The Hall–Kier alpha value is -0.900. The molecule has 0 aromatic carbocycles. The van der Waals surface area contributed by atoms with Crippen molar-refractivity contribution in [2.24, 2.45) is 11.8 Å². The molecule has 1 atom stereocenters. The molecule has 0 fully saturated rings. The number of ketones is 1. The van der Waals surface area contributed by atoms with Crippen molar-refractivity contribution in [1.82, 2.24) is 0 Å². The van der Waals surface area contributed by atoms with E-state index in [9.17, 15) is 9.59 Å². The van der Waals surface area contributed by atoms with E-state index in [4.69, 9.17) is 0 Å². The second kappa shape index (κ2) is 3.19. The third-order valence-electron chi connectivity index (χ3n) is 1.08. The zero-order valence-electron chi connectivity index (χ0n) is 5.38. The van der Waals surface area contributed by atoms with Gasteiger partial charge in [-0.05, 0) is 13.8 Å². The first-order valence-corrected chi connectivity index (χ1v) is 2.50. The van der Waals surface area contributed by atoms with E-state index in [0.29, 0.717) is 0 Å². The molecule has 0 bridgehead atoms. The van der Waals surface area contributed by atoms with E-state index in [1.165, 1.54) is 13.8 Å². The topological polar surface area (TPSA) is 69.4 Å². The molecular weight excluding hydrogens is 122 g/mol. The summed E-state index contributed by atoms with van der Waals surface area (Å²) in [7, 11) is 0. The van der Waals surface area contributed by atoms with Crippen molar-refractivity contribution < 1.29 is 14.4 Å². The van der Waals surface area contributed by atoms with Crippen molar-refractivity contribution in [3.63, 3.8) is 0 Å². The lowest BCUT2D eigenvalue weighted by molar-refractivity contribution is -0.151. The van der Waals surface area contributed by atoms with E-state index in [0.717, 1.165) is 0 Å². The van der Waals surface area contributed by atoms with Crippen molar-refractivity contribution in [1.29, 1.82) is 0 Å². The summed E-state index contributed by atoms with van der Waals surface area (Å²) in [6, 6.07) is 0. The highest BCUT2D eigenvalue weighted by Crippen LogP contribution is 1.96. The maximum Gasteiger partial charge on any atom is 0.334 e. The summed E-state index contributed by atoms with van der Waals surface area (Å²) < 4.78 is 0. The van der Waals surface area contributed by atoms with Crippen LogP contribution in [-0.4, -0.2) is 11.8 Å². The molecule has 0 aliphatic rings. The zero-order valence-corrected chi connectivity index (χ0v) is 5.38. The van der Waals surface area contributed by atoms with Crippen LogP contribution in [0.1, 0.15) is 13.8 Å². The molecule has 9 heavy (non-hydrogen) atoms. The van der Waals surface area contributed by atoms with Gasteiger partial charge in [0.25, 0.3) is 0 Å². The van der Waals surface area contributed by atoms with Gasteiger partial charge in [-0.1, -0.05) is 0 Å². The SMILES string of the molecule is CC(=O)C(C)C(=O)ON. The van der Waals surface area contributed by atoms with Gasteiger partial charge in [0.05, 0.1) is 0 Å². The molecule has 0 spiro atoms. The van der Waals surface area contributed by atoms with Crippen LogP contribution in [0.2, 0.25) is 0 Å². The fourth-order valence-corrected chi connectivity index (χ4v) is 0.268. The van der Waals surface area contributed by atoms with Crippen molar-refractivity contribution in [3.05, 3.63) is 0 Å². The molecule has 0 aliphatic heterocycles. The molecule has 0 saturated heterocycles. The number of nitrogens with two attached hydrogens (primary N) is 1. The van der Waals surface area contributed by atoms with Gasteiger partial charge in [-0.15, -0.1) is 0 Å². The number of Topliss-reactive ketones (excluding diaryl/α,β-unsaturated/α-hetero) is 1. The van der Waals surface area contributed by atoms with E-state index in [1.54, 1.807) is 0 Å². The Labute approximate surface area is 52.9 Å². The van der Waals surface area contributed by atoms with E-state index in [-0.39, 0.29) is 5.78 Å². The van der Waals surface area contributed by atoms with E-state index >= 15 is 0 Å². The highest BCUT2D eigenvalue weighted by Gasteiger charge is 2.17. The lowest BCUT2D eigenvalue weighted by Crippen LogP contribution is -2.23. The van der Waals surface area contributed by atoms with Gasteiger partial charge >= 0.3 is 5.97 Å². The molecule has 1 unspecified atom stereocenters. The molecule has 4 heteroatoms. The average molecular weight is 131 g/mol. The Bertz CT molecular complexity index is 132. The molecule has 52 valence electrons. The summed E-state index contributed by atoms with van der Waals surface area (Å²) in [6.07, 6.45) is 0. The molecular formula is C5H9NO3. The zero-order chi connectivity index (χ0) is 7.44. The second-order valence-electron chi connectivity index (χ2n) is 1.77. The monoisotopic (exact) mass is 131 g/mol. The highest BCUT2D eigenvalue weighted by atomic mass is 16.7. The fourth-order valence-electron chi connectivity index (χ4n) is 0.268. The van der Waals surface area contributed by atoms with Crippen LogP contribution in [0.25, 0.3) is 0 Å². The minimum Gasteiger partial charge on any atom is -0.373 e. The van der Waals surface area contributed by atoms with Gasteiger partial charge in [-0.25, -0.2) is 4.79 Å². The van der Waals surface area contributed by atoms with Gasteiger partial charge in [0.2, 0.25) is 0 Å². The minimum absolute atomic E-state index is 0.245. The molecule has 0 radical (unpaired) electrons. The predicted molar refractivity (Wildman–Crippen MR) is 30.1 cm³/mol. The van der Waals surface area contributed by atoms with Crippen LogP contribution in [0.3, 0.4) is 0 Å². The van der Waals surface area contributed by atoms with Crippen LogP contribution in [0.5, 0.6) is 0 Å². The molecule has 0 aliphatic carbocycles. The van der Waals surface area contributed by atoms with Crippen LogP contribution in [0.15, 0.2) is 0 Å². The number of rotatable bonds is 2. The second-order valence-corrected chi connectivity index (χ2v) is 1.77. The fraction of sp³-hybridized carbons (Fsp3) is 0.600. The van der Waals surface area contributed by atoms with E-state index in [2.05, 4.69) is 10.7 Å². The van der Waals surface area contributed by atoms with Gasteiger partial charge < -0.3 is 4.84 Å². The smallest absolute Gasteiger partial charge is 0.334 e. The summed E-state index contributed by atoms with van der Waals surface area (Å²) >= 11 is 0. The number of hydrogen-bond acceptors (Lipinski definition) is 4. The van der Waals surface area contributed by atoms with Crippen molar-refractivity contribution in [2.75, 3.05) is 0 Å². The third kappa shape index (κ3) is 2.23. The summed E-state index contributed by atoms with van der Waals surface area (Å²) in [5, 5.41) is 0. The van der Waals surface area contributed by atoms with E-state index in [1.807, 2.05) is 0 Å². The summed E-state index contributed by atoms with van der Waals surface area (Å²) in [5.41, 5.74) is 0. The molecule has 0 aromatic rings. The molecule has 0 heterocycles. The molecule has 0 amide bonds. The number of hydrogen-bond donors (Lipinski definition) is 1. The molecule has 4 nitrogen and oxygen atoms in total. The van der Waals surface area contributed by atoms with Crippen molar-refractivity contribution >= 4 is 11.8 Å². The first-order valence-electron chi connectivity index (χ1n) is 2.50. The van der Waals surface area contributed by atoms with Crippen molar-refractivity contribution in [2.45, 2.75) is 13.8 Å². The molecule has 0 saturated carbocycles. The molecule has 0 rings (SSSR count). The Kier molecular flexibility index (Phi) is 2.87. The maximum atomic E-state index is 10.4. The maximum absolute atomic E-state index is 10.4. The lowest BCUT2D eigenvalue weighted by Gasteiger charge is -2.01. The Balaban J connectivity index is 3.88. The van der Waals surface area contributed by atoms with Gasteiger partial charge in [-0.2, -0.15) is 5.90 Å². The van der Waals surface area contributed by atoms with Crippen LogP contribution in [0, 0.1) is 5.92 Å². The Morgan fingerprint density at radius 2 is 2.00 bits per heavy atom. The molecule has 0 aromatic heterocycles. The first kappa shape index (κ1) is 8.10. The standard InChI is InChI=1S/C5H9NO3/c1-3(4(2)7)5(8)9-6/h3H,6H2,1-2H3. The molecule has 2 N–H and O–H groups in total. The lowest BCUT2D eigenvalue weighted by atomic mass is 10.1. The first-order chi connectivity index (χ1) is 4.09. The summed E-state index contributed by atoms with van der Waals surface area (Å²) in [4.78, 5) is 24.6. The summed E-state index contributed by atoms with van der Waals surface area (Å²) in [6.45, 7) is 2.75. The normalized spacial score (nSPS) is 12.3. The van der Waals surface area contributed by atoms with Crippen LogP contribution >= 0.6 is 0 Å². The third-order valence-corrected chi connectivity index (χ3v) is 1.08. The number of carbonyl (C=O) groups excluding carboxylic acids is 2. The van der Waals surface area contributed by atoms with Crippen LogP contribution in [-0.2, 0) is 14.4 Å². The Morgan fingerprint density at radius 3 is 2.11 bits per heavy atom. The predicted octanol–water partition coefficient (Wildman–Crippen LogP) is -0.372.